The van der Waals surface area contributed by atoms with Gasteiger partial charge in [0, 0.05) is 25.7 Å². The molecule has 1 aliphatic rings. The second-order valence-electron chi connectivity index (χ2n) is 5.58. The molecule has 1 aliphatic carbocycles. The van der Waals surface area contributed by atoms with E-state index in [2.05, 4.69) is 24.1 Å². The molecule has 0 aromatic heterocycles. The summed E-state index contributed by atoms with van der Waals surface area (Å²) in [7, 11) is 1.79. The molecule has 0 aromatic carbocycles. The van der Waals surface area contributed by atoms with Crippen LogP contribution in [0.4, 0.5) is 0 Å². The molecule has 0 aliphatic heterocycles. The summed E-state index contributed by atoms with van der Waals surface area (Å²) in [6.45, 7) is 8.96. The fraction of sp³-hybridized carbons (Fsp3) is 1.00. The van der Waals surface area contributed by atoms with Crippen molar-refractivity contribution < 1.29 is 4.74 Å². The molecule has 108 valence electrons. The van der Waals surface area contributed by atoms with E-state index in [4.69, 9.17) is 4.74 Å². The molecule has 0 amide bonds. The summed E-state index contributed by atoms with van der Waals surface area (Å²) in [5, 5.41) is 3.58. The summed E-state index contributed by atoms with van der Waals surface area (Å²) >= 11 is 0. The van der Waals surface area contributed by atoms with Gasteiger partial charge in [0.25, 0.3) is 0 Å². The fourth-order valence-electron chi connectivity index (χ4n) is 2.23. The summed E-state index contributed by atoms with van der Waals surface area (Å²) in [5.41, 5.74) is 0. The van der Waals surface area contributed by atoms with Gasteiger partial charge in [-0.2, -0.15) is 0 Å². The van der Waals surface area contributed by atoms with E-state index in [1.807, 2.05) is 0 Å². The molecular formula is C15H32N2O. The zero-order valence-corrected chi connectivity index (χ0v) is 12.6. The lowest BCUT2D eigenvalue weighted by atomic mass is 10.1. The lowest BCUT2D eigenvalue weighted by molar-refractivity contribution is 0.121. The number of hydrogen-bond acceptors (Lipinski definition) is 3. The predicted molar refractivity (Wildman–Crippen MR) is 78.1 cm³/mol. The zero-order valence-electron chi connectivity index (χ0n) is 12.6. The molecule has 1 saturated carbocycles. The number of methoxy groups -OCH3 is 1. The monoisotopic (exact) mass is 256 g/mol. The van der Waals surface area contributed by atoms with Crippen LogP contribution in [-0.2, 0) is 4.74 Å². The Hall–Kier alpha value is -0.120. The third-order valence-electron chi connectivity index (χ3n) is 3.93. The molecule has 1 N–H and O–H groups in total. The van der Waals surface area contributed by atoms with Crippen LogP contribution in [0.3, 0.4) is 0 Å². The predicted octanol–water partition coefficient (Wildman–Crippen LogP) is 2.66. The highest BCUT2D eigenvalue weighted by Gasteiger charge is 2.19. The van der Waals surface area contributed by atoms with E-state index in [0.29, 0.717) is 6.04 Å². The highest BCUT2D eigenvalue weighted by Crippen LogP contribution is 2.18. The standard InChI is InChI=1S/C15H32N2O/c1-4-14(2)17(12-13-18-3)11-7-5-6-10-16-15-8-9-15/h14-16H,4-13H2,1-3H3. The molecule has 3 heteroatoms. The van der Waals surface area contributed by atoms with Crippen LogP contribution in [0.2, 0.25) is 0 Å². The van der Waals surface area contributed by atoms with Crippen molar-refractivity contribution in [2.75, 3.05) is 33.4 Å². The van der Waals surface area contributed by atoms with Crippen LogP contribution in [-0.4, -0.2) is 50.3 Å². The average Bonchev–Trinajstić information content (AvgIpc) is 3.20. The minimum Gasteiger partial charge on any atom is -0.383 e. The number of rotatable bonds is 12. The van der Waals surface area contributed by atoms with Crippen LogP contribution in [0.25, 0.3) is 0 Å². The van der Waals surface area contributed by atoms with E-state index >= 15 is 0 Å². The van der Waals surface area contributed by atoms with Gasteiger partial charge in [-0.05, 0) is 52.1 Å². The van der Waals surface area contributed by atoms with Crippen LogP contribution >= 0.6 is 0 Å². The average molecular weight is 256 g/mol. The van der Waals surface area contributed by atoms with Gasteiger partial charge in [0.05, 0.1) is 6.61 Å². The molecule has 0 spiro atoms. The quantitative estimate of drug-likeness (QED) is 0.543. The van der Waals surface area contributed by atoms with Gasteiger partial charge >= 0.3 is 0 Å². The Morgan fingerprint density at radius 1 is 1.22 bits per heavy atom. The molecule has 1 rings (SSSR count). The highest BCUT2D eigenvalue weighted by atomic mass is 16.5. The Labute approximate surface area is 113 Å². The van der Waals surface area contributed by atoms with Crippen LogP contribution in [0.15, 0.2) is 0 Å². The molecule has 0 bridgehead atoms. The van der Waals surface area contributed by atoms with Gasteiger partial charge in [-0.25, -0.2) is 0 Å². The van der Waals surface area contributed by atoms with Crippen LogP contribution in [0.5, 0.6) is 0 Å². The van der Waals surface area contributed by atoms with Crippen molar-refractivity contribution in [1.82, 2.24) is 10.2 Å². The van der Waals surface area contributed by atoms with Crippen molar-refractivity contribution in [3.8, 4) is 0 Å². The number of nitrogens with one attached hydrogen (secondary N) is 1. The van der Waals surface area contributed by atoms with E-state index in [-0.39, 0.29) is 0 Å². The number of unbranched alkanes of at least 4 members (excludes halogenated alkanes) is 2. The minimum absolute atomic E-state index is 0.685. The molecule has 0 radical (unpaired) electrons. The topological polar surface area (TPSA) is 24.5 Å². The second-order valence-corrected chi connectivity index (χ2v) is 5.58. The maximum Gasteiger partial charge on any atom is 0.0589 e. The van der Waals surface area contributed by atoms with Gasteiger partial charge in [-0.3, -0.25) is 4.90 Å². The summed E-state index contributed by atoms with van der Waals surface area (Å²) in [6.07, 6.45) is 8.03. The lowest BCUT2D eigenvalue weighted by Crippen LogP contribution is -2.36. The molecule has 1 unspecified atom stereocenters. The van der Waals surface area contributed by atoms with E-state index in [9.17, 15) is 0 Å². The number of ether oxygens (including phenoxy) is 1. The van der Waals surface area contributed by atoms with Gasteiger partial charge < -0.3 is 10.1 Å². The Balaban J connectivity index is 1.99. The molecular weight excluding hydrogens is 224 g/mol. The zero-order chi connectivity index (χ0) is 13.2. The maximum atomic E-state index is 5.19. The third kappa shape index (κ3) is 7.34. The van der Waals surface area contributed by atoms with Crippen LogP contribution in [0, 0.1) is 0 Å². The van der Waals surface area contributed by atoms with Crippen molar-refractivity contribution in [3.05, 3.63) is 0 Å². The molecule has 0 saturated heterocycles. The maximum absolute atomic E-state index is 5.19. The smallest absolute Gasteiger partial charge is 0.0589 e. The minimum atomic E-state index is 0.685. The van der Waals surface area contributed by atoms with E-state index in [1.54, 1.807) is 7.11 Å². The molecule has 0 aromatic rings. The summed E-state index contributed by atoms with van der Waals surface area (Å²) in [6, 6.07) is 1.55. The number of nitrogens with zero attached hydrogens (tertiary/aromatic N) is 1. The van der Waals surface area contributed by atoms with Crippen LogP contribution < -0.4 is 5.32 Å². The van der Waals surface area contributed by atoms with Crippen molar-refractivity contribution >= 4 is 0 Å². The molecule has 18 heavy (non-hydrogen) atoms. The van der Waals surface area contributed by atoms with Crippen molar-refractivity contribution in [1.29, 1.82) is 0 Å². The van der Waals surface area contributed by atoms with Gasteiger partial charge in [-0.1, -0.05) is 13.3 Å². The van der Waals surface area contributed by atoms with E-state index < -0.39 is 0 Å². The number of hydrogen-bond donors (Lipinski definition) is 1. The van der Waals surface area contributed by atoms with Gasteiger partial charge in [0.15, 0.2) is 0 Å². The van der Waals surface area contributed by atoms with Gasteiger partial charge in [0.1, 0.15) is 0 Å². The molecule has 1 fully saturated rings. The first-order valence-electron chi connectivity index (χ1n) is 7.74. The summed E-state index contributed by atoms with van der Waals surface area (Å²) in [4.78, 5) is 2.57. The van der Waals surface area contributed by atoms with Gasteiger partial charge in [0.2, 0.25) is 0 Å². The Morgan fingerprint density at radius 3 is 2.61 bits per heavy atom. The largest absolute Gasteiger partial charge is 0.383 e. The molecule has 0 heterocycles. The van der Waals surface area contributed by atoms with Crippen LogP contribution in [0.1, 0.15) is 52.4 Å². The van der Waals surface area contributed by atoms with E-state index in [0.717, 1.165) is 19.2 Å². The normalized spacial score (nSPS) is 17.3. The van der Waals surface area contributed by atoms with Crippen molar-refractivity contribution in [2.24, 2.45) is 0 Å². The Bertz CT molecular complexity index is 195. The molecule has 1 atom stereocenters. The Kier molecular flexibility index (Phi) is 8.64. The first-order valence-corrected chi connectivity index (χ1v) is 7.74. The first kappa shape index (κ1) is 15.9. The van der Waals surface area contributed by atoms with Gasteiger partial charge in [-0.15, -0.1) is 0 Å². The Morgan fingerprint density at radius 2 is 2.00 bits per heavy atom. The van der Waals surface area contributed by atoms with Crippen molar-refractivity contribution in [3.63, 3.8) is 0 Å². The second kappa shape index (κ2) is 9.76. The first-order chi connectivity index (χ1) is 8.77. The fourth-order valence-corrected chi connectivity index (χ4v) is 2.23. The molecule has 3 nitrogen and oxygen atoms in total. The van der Waals surface area contributed by atoms with E-state index in [1.165, 1.54) is 51.6 Å². The van der Waals surface area contributed by atoms with Crippen molar-refractivity contribution in [2.45, 2.75) is 64.5 Å². The third-order valence-corrected chi connectivity index (χ3v) is 3.93. The lowest BCUT2D eigenvalue weighted by Gasteiger charge is -2.28. The summed E-state index contributed by atoms with van der Waals surface area (Å²) in [5.74, 6) is 0. The SMILES string of the molecule is CCC(C)N(CCCCCNC1CC1)CCOC. The summed E-state index contributed by atoms with van der Waals surface area (Å²) < 4.78 is 5.19. The highest BCUT2D eigenvalue weighted by molar-refractivity contribution is 4.80.